The maximum absolute atomic E-state index is 7.13. The van der Waals surface area contributed by atoms with Gasteiger partial charge in [-0.05, 0) is 82.8 Å². The zero-order valence-corrected chi connectivity index (χ0v) is 40.8. The van der Waals surface area contributed by atoms with Crippen LogP contribution in [0.4, 0.5) is 0 Å². The number of allylic oxidation sites excluding steroid dienone is 8. The molecule has 0 N–H and O–H groups in total. The van der Waals surface area contributed by atoms with Gasteiger partial charge in [-0.15, -0.1) is 0 Å². The normalized spacial score (nSPS) is 13.9. The van der Waals surface area contributed by atoms with Crippen molar-refractivity contribution in [3.63, 3.8) is 0 Å². The van der Waals surface area contributed by atoms with E-state index in [1.54, 1.807) is 0 Å². The van der Waals surface area contributed by atoms with Crippen molar-refractivity contribution in [1.82, 2.24) is 19.5 Å². The van der Waals surface area contributed by atoms with Crippen molar-refractivity contribution in [2.45, 2.75) is 12.3 Å². The molecule has 9 aromatic carbocycles. The lowest BCUT2D eigenvalue weighted by Gasteiger charge is -2.20. The molecule has 6 nitrogen and oxygen atoms in total. The van der Waals surface area contributed by atoms with Crippen molar-refractivity contribution in [2.24, 2.45) is 0 Å². The van der Waals surface area contributed by atoms with Gasteiger partial charge in [-0.1, -0.05) is 207 Å². The molecule has 0 radical (unpaired) electrons. The molecule has 0 amide bonds. The lowest BCUT2D eigenvalue weighted by atomic mass is 9.90. The van der Waals surface area contributed by atoms with E-state index in [1.807, 2.05) is 84.9 Å². The van der Waals surface area contributed by atoms with Crippen molar-refractivity contribution in [3.05, 3.63) is 266 Å². The van der Waals surface area contributed by atoms with Gasteiger partial charge >= 0.3 is 0 Å². The Hall–Kier alpha value is -9.91. The third-order valence-corrected chi connectivity index (χ3v) is 14.6. The molecule has 1 aliphatic carbocycles. The molecule has 0 saturated heterocycles. The van der Waals surface area contributed by atoms with Crippen LogP contribution in [0.15, 0.2) is 258 Å². The summed E-state index contributed by atoms with van der Waals surface area (Å²) in [5.74, 6) is 2.06. The summed E-state index contributed by atoms with van der Waals surface area (Å²) in [6, 6.07) is 69.9. The third-order valence-electron chi connectivity index (χ3n) is 14.6. The fourth-order valence-corrected chi connectivity index (χ4v) is 11.0. The molecule has 0 saturated carbocycles. The van der Waals surface area contributed by atoms with E-state index >= 15 is 0 Å². The van der Waals surface area contributed by atoms with Crippen LogP contribution in [0.25, 0.3) is 128 Å². The number of rotatable bonds is 10. The number of furan rings is 2. The van der Waals surface area contributed by atoms with Gasteiger partial charge in [0.2, 0.25) is 0 Å². The van der Waals surface area contributed by atoms with Gasteiger partial charge < -0.3 is 13.4 Å². The smallest absolute Gasteiger partial charge is 0.178 e. The summed E-state index contributed by atoms with van der Waals surface area (Å²) in [4.78, 5) is 15.6. The van der Waals surface area contributed by atoms with Gasteiger partial charge in [-0.3, -0.25) is 0 Å². The molecule has 0 aliphatic heterocycles. The summed E-state index contributed by atoms with van der Waals surface area (Å²) >= 11 is 0. The fraction of sp³-hybridized carbons (Fsp3) is 0.0290. The summed E-state index contributed by atoms with van der Waals surface area (Å²) in [5.41, 5.74) is 15.2. The number of benzene rings is 9. The molecule has 4 aromatic heterocycles. The Kier molecular flexibility index (Phi) is 10.7. The van der Waals surface area contributed by atoms with Crippen LogP contribution in [-0.2, 0) is 0 Å². The predicted octanol–water partition coefficient (Wildman–Crippen LogP) is 18.3. The summed E-state index contributed by atoms with van der Waals surface area (Å²) in [5, 5.41) is 6.24. The average Bonchev–Trinajstić information content (AvgIpc) is 4.17. The van der Waals surface area contributed by atoms with E-state index in [0.29, 0.717) is 23.4 Å². The molecule has 0 bridgehead atoms. The monoisotopic (exact) mass is 962 g/mol. The number of aromatic nitrogens is 4. The SMILES string of the molecule is C=C/C(=C\C=C\c1cc(-c2nc(-c3ccccc3)nc(-c3ccccc3)n2)cc(-c2ccc(C3C=CC=CC3)cc2)c1-n1c2ccccc2c2c3oc4c(ccc5c6ccccc6oc54)c3ccc21)c1ccccc1. The van der Waals surface area contributed by atoms with Crippen LogP contribution in [-0.4, -0.2) is 19.5 Å². The molecule has 1 atom stereocenters. The number of para-hydroxylation sites is 2. The topological polar surface area (TPSA) is 69.9 Å². The Labute approximate surface area is 432 Å². The number of hydrogen-bond acceptors (Lipinski definition) is 5. The van der Waals surface area contributed by atoms with Crippen molar-refractivity contribution < 1.29 is 8.83 Å². The van der Waals surface area contributed by atoms with Gasteiger partial charge in [-0.25, -0.2) is 15.0 Å². The minimum absolute atomic E-state index is 0.297. The van der Waals surface area contributed by atoms with Crippen molar-refractivity contribution in [3.8, 4) is 51.0 Å². The van der Waals surface area contributed by atoms with E-state index in [-0.39, 0.29) is 0 Å². The molecular formula is C69H46N4O2. The minimum atomic E-state index is 0.297. The van der Waals surface area contributed by atoms with E-state index < -0.39 is 0 Å². The van der Waals surface area contributed by atoms with Crippen LogP contribution in [0, 0.1) is 0 Å². The van der Waals surface area contributed by atoms with Gasteiger partial charge in [-0.2, -0.15) is 0 Å². The lowest BCUT2D eigenvalue weighted by molar-refractivity contribution is 0.635. The van der Waals surface area contributed by atoms with E-state index in [1.165, 1.54) is 5.56 Å². The third kappa shape index (κ3) is 7.62. The molecule has 1 unspecified atom stereocenters. The molecule has 6 heteroatoms. The van der Waals surface area contributed by atoms with Crippen LogP contribution in [0.5, 0.6) is 0 Å². The molecule has 1 aliphatic rings. The second-order valence-corrected chi connectivity index (χ2v) is 19.0. The second kappa shape index (κ2) is 18.3. The number of fused-ring (bicyclic) bond motifs is 11. The van der Waals surface area contributed by atoms with Gasteiger partial charge in [0.25, 0.3) is 0 Å². The Morgan fingerprint density at radius 2 is 1.13 bits per heavy atom. The Morgan fingerprint density at radius 1 is 0.520 bits per heavy atom. The van der Waals surface area contributed by atoms with E-state index in [4.69, 9.17) is 23.8 Å². The van der Waals surface area contributed by atoms with Crippen LogP contribution in [0.3, 0.4) is 0 Å². The van der Waals surface area contributed by atoms with Crippen LogP contribution < -0.4 is 0 Å². The molecular weight excluding hydrogens is 917 g/mol. The standard InChI is InChI=1S/C69H46N4O2/c1-2-44(45-20-7-3-8-21-45)28-19-29-51-42-52(69-71-67(49-24-11-5-12-25-49)70-68(72-69)50-26-13-6-14-27-50)43-58(48-36-34-47(35-37-48)46-22-9-4-10-23-46)63(51)73-59-32-17-15-31-57(59)62-60(73)41-40-55-56-39-38-54-53-30-16-18-33-61(53)74-65(54)66(56)75-64(55)62/h2-22,24-43,46H,1,23H2/b29-19+,44-28+. The maximum atomic E-state index is 7.13. The number of nitrogens with zero attached hydrogens (tertiary/aromatic N) is 4. The lowest BCUT2D eigenvalue weighted by Crippen LogP contribution is -2.04. The highest BCUT2D eigenvalue weighted by atomic mass is 16.4. The zero-order valence-electron chi connectivity index (χ0n) is 40.8. The minimum Gasteiger partial charge on any atom is -0.452 e. The molecule has 354 valence electrons. The highest BCUT2D eigenvalue weighted by Crippen LogP contribution is 2.46. The fourth-order valence-electron chi connectivity index (χ4n) is 11.0. The highest BCUT2D eigenvalue weighted by molar-refractivity contribution is 6.27. The van der Waals surface area contributed by atoms with Crippen LogP contribution in [0.2, 0.25) is 0 Å². The molecule has 4 heterocycles. The first-order valence-corrected chi connectivity index (χ1v) is 25.4. The Bertz CT molecular complexity index is 4440. The molecule has 13 aromatic rings. The van der Waals surface area contributed by atoms with Crippen LogP contribution in [0.1, 0.15) is 29.0 Å². The summed E-state index contributed by atoms with van der Waals surface area (Å²) < 4.78 is 16.1. The first-order chi connectivity index (χ1) is 37.1. The predicted molar refractivity (Wildman–Crippen MR) is 310 cm³/mol. The first-order valence-electron chi connectivity index (χ1n) is 25.4. The van der Waals surface area contributed by atoms with Crippen LogP contribution >= 0.6 is 0 Å². The molecule has 0 spiro atoms. The van der Waals surface area contributed by atoms with E-state index in [2.05, 4.69) is 175 Å². The molecule has 0 fully saturated rings. The van der Waals surface area contributed by atoms with Gasteiger partial charge in [0, 0.05) is 55.1 Å². The average molecular weight is 963 g/mol. The quantitative estimate of drug-likeness (QED) is 0.128. The summed E-state index contributed by atoms with van der Waals surface area (Å²) in [6.45, 7) is 4.22. The van der Waals surface area contributed by atoms with E-state index in [0.717, 1.165) is 122 Å². The maximum Gasteiger partial charge on any atom is 0.178 e. The van der Waals surface area contributed by atoms with Gasteiger partial charge in [0.15, 0.2) is 28.6 Å². The highest BCUT2D eigenvalue weighted by Gasteiger charge is 2.25. The number of hydrogen-bond donors (Lipinski definition) is 0. The van der Waals surface area contributed by atoms with Crippen molar-refractivity contribution >= 4 is 77.3 Å². The molecule has 75 heavy (non-hydrogen) atoms. The largest absolute Gasteiger partial charge is 0.452 e. The van der Waals surface area contributed by atoms with Crippen molar-refractivity contribution in [2.75, 3.05) is 0 Å². The van der Waals surface area contributed by atoms with Gasteiger partial charge in [0.1, 0.15) is 11.2 Å². The van der Waals surface area contributed by atoms with E-state index in [9.17, 15) is 0 Å². The Balaban J connectivity index is 1.07. The summed E-state index contributed by atoms with van der Waals surface area (Å²) in [7, 11) is 0. The summed E-state index contributed by atoms with van der Waals surface area (Å²) in [6.07, 6.45) is 18.1. The second-order valence-electron chi connectivity index (χ2n) is 19.0. The Morgan fingerprint density at radius 3 is 1.84 bits per heavy atom. The van der Waals surface area contributed by atoms with Crippen molar-refractivity contribution in [1.29, 1.82) is 0 Å². The van der Waals surface area contributed by atoms with Gasteiger partial charge in [0.05, 0.1) is 22.1 Å². The first kappa shape index (κ1) is 43.8. The zero-order chi connectivity index (χ0) is 49.8. The molecule has 14 rings (SSSR count).